The molecule has 2 aromatic rings. The lowest BCUT2D eigenvalue weighted by atomic mass is 9.96. The molecule has 8 nitrogen and oxygen atoms in total. The lowest BCUT2D eigenvalue weighted by Crippen LogP contribution is -2.32. The van der Waals surface area contributed by atoms with Crippen molar-refractivity contribution in [2.45, 2.75) is 25.9 Å². The number of rotatable bonds is 7. The highest BCUT2D eigenvalue weighted by molar-refractivity contribution is 6.30. The van der Waals surface area contributed by atoms with Crippen molar-refractivity contribution >= 4 is 17.4 Å². The molecule has 29 heavy (non-hydrogen) atoms. The predicted octanol–water partition coefficient (Wildman–Crippen LogP) is 2.53. The first-order chi connectivity index (χ1) is 14.0. The van der Waals surface area contributed by atoms with E-state index in [1.54, 1.807) is 0 Å². The number of hydrogen-bond acceptors (Lipinski definition) is 8. The average molecular weight is 420 g/mol. The molecule has 1 aliphatic heterocycles. The Hall–Kier alpha value is -3.08. The smallest absolute Gasteiger partial charge is 0.272 e. The van der Waals surface area contributed by atoms with Gasteiger partial charge in [0.05, 0.1) is 29.7 Å². The van der Waals surface area contributed by atoms with Crippen LogP contribution >= 0.6 is 11.6 Å². The third-order valence-electron chi connectivity index (χ3n) is 4.30. The largest absolute Gasteiger partial charge is 0.470 e. The van der Waals surface area contributed by atoms with Gasteiger partial charge in [-0.25, -0.2) is 18.7 Å². The molecule has 3 rings (SSSR count). The maximum atomic E-state index is 12.2. The summed E-state index contributed by atoms with van der Waals surface area (Å²) >= 11 is 6.16. The van der Waals surface area contributed by atoms with Gasteiger partial charge < -0.3 is 10.1 Å². The van der Waals surface area contributed by atoms with Crippen molar-refractivity contribution in [3.05, 3.63) is 39.9 Å². The number of pyridine rings is 1. The van der Waals surface area contributed by atoms with Gasteiger partial charge in [-0.1, -0.05) is 11.6 Å². The van der Waals surface area contributed by atoms with Gasteiger partial charge in [0.15, 0.2) is 6.61 Å². The fourth-order valence-electron chi connectivity index (χ4n) is 3.05. The van der Waals surface area contributed by atoms with Crippen molar-refractivity contribution in [1.82, 2.24) is 19.9 Å². The van der Waals surface area contributed by atoms with Gasteiger partial charge in [0.2, 0.25) is 5.88 Å². The average Bonchev–Trinajstić information content (AvgIpc) is 2.71. The summed E-state index contributed by atoms with van der Waals surface area (Å²) in [6.45, 7) is 0.930. The normalized spacial score (nSPS) is 13.4. The van der Waals surface area contributed by atoms with Crippen LogP contribution in [0.15, 0.2) is 12.4 Å². The van der Waals surface area contributed by atoms with Crippen LogP contribution in [0.2, 0.25) is 5.15 Å². The first-order valence-electron chi connectivity index (χ1n) is 8.68. The molecule has 3 heterocycles. The van der Waals surface area contributed by atoms with E-state index in [4.69, 9.17) is 21.6 Å². The van der Waals surface area contributed by atoms with E-state index in [1.807, 2.05) is 6.07 Å². The van der Waals surface area contributed by atoms with Crippen LogP contribution in [0.25, 0.3) is 0 Å². The van der Waals surface area contributed by atoms with Crippen LogP contribution in [0.3, 0.4) is 0 Å². The van der Waals surface area contributed by atoms with E-state index >= 15 is 0 Å². The first kappa shape index (κ1) is 20.6. The molecule has 2 aromatic heterocycles. The minimum atomic E-state index is -2.58. The molecule has 0 amide bonds. The Balaban J connectivity index is 1.74. The van der Waals surface area contributed by atoms with E-state index < -0.39 is 13.0 Å². The molecule has 0 spiro atoms. The molecule has 150 valence electrons. The van der Waals surface area contributed by atoms with E-state index in [0.717, 1.165) is 11.1 Å². The van der Waals surface area contributed by atoms with Crippen molar-refractivity contribution in [3.8, 4) is 18.0 Å². The third kappa shape index (κ3) is 5.05. The van der Waals surface area contributed by atoms with Crippen LogP contribution < -0.4 is 10.1 Å². The Bertz CT molecular complexity index is 957. The van der Waals surface area contributed by atoms with Crippen molar-refractivity contribution in [2.75, 3.05) is 25.0 Å². The molecule has 0 aromatic carbocycles. The summed E-state index contributed by atoms with van der Waals surface area (Å²) in [5.74, 6) is 0.557. The summed E-state index contributed by atoms with van der Waals surface area (Å²) in [6.07, 6.45) is 0.820. The molecule has 1 N–H and O–H groups in total. The zero-order chi connectivity index (χ0) is 20.8. The highest BCUT2D eigenvalue weighted by Gasteiger charge is 2.25. The number of hydrogen-bond donors (Lipinski definition) is 1. The molecule has 0 atom stereocenters. The van der Waals surface area contributed by atoms with Crippen molar-refractivity contribution in [1.29, 1.82) is 10.5 Å². The molecule has 0 aliphatic carbocycles. The summed E-state index contributed by atoms with van der Waals surface area (Å²) < 4.78 is 29.2. The molecule has 0 saturated carbocycles. The molecule has 0 fully saturated rings. The van der Waals surface area contributed by atoms with Crippen LogP contribution in [-0.4, -0.2) is 46.0 Å². The van der Waals surface area contributed by atoms with E-state index in [9.17, 15) is 14.0 Å². The Kier molecular flexibility index (Phi) is 6.70. The van der Waals surface area contributed by atoms with Crippen LogP contribution in [0.1, 0.15) is 22.4 Å². The van der Waals surface area contributed by atoms with E-state index in [0.29, 0.717) is 43.1 Å². The summed E-state index contributed by atoms with van der Waals surface area (Å²) in [5.41, 5.74) is 2.60. The van der Waals surface area contributed by atoms with Gasteiger partial charge in [0.25, 0.3) is 6.43 Å². The molecule has 0 bridgehead atoms. The van der Waals surface area contributed by atoms with Crippen LogP contribution in [-0.2, 0) is 19.5 Å². The maximum Gasteiger partial charge on any atom is 0.272 e. The monoisotopic (exact) mass is 419 g/mol. The van der Waals surface area contributed by atoms with Crippen LogP contribution in [0.5, 0.6) is 5.88 Å². The molecule has 1 aliphatic rings. The summed E-state index contributed by atoms with van der Waals surface area (Å²) in [5, 5.41) is 21.3. The van der Waals surface area contributed by atoms with Crippen LogP contribution in [0, 0.1) is 22.7 Å². The number of nitrogens with one attached hydrogen (secondary N) is 1. The zero-order valence-corrected chi connectivity index (χ0v) is 16.0. The molecular formula is C18H16ClF2N7O. The van der Waals surface area contributed by atoms with Gasteiger partial charge in [-0.05, 0) is 12.0 Å². The Morgan fingerprint density at radius 1 is 1.28 bits per heavy atom. The second kappa shape index (κ2) is 9.41. The van der Waals surface area contributed by atoms with Gasteiger partial charge in [0.1, 0.15) is 23.6 Å². The molecule has 0 unspecified atom stereocenters. The minimum Gasteiger partial charge on any atom is -0.470 e. The second-order valence-corrected chi connectivity index (χ2v) is 6.57. The first-order valence-corrected chi connectivity index (χ1v) is 9.06. The topological polar surface area (TPSA) is 111 Å². The van der Waals surface area contributed by atoms with Crippen molar-refractivity contribution in [2.24, 2.45) is 0 Å². The number of halogens is 3. The summed E-state index contributed by atoms with van der Waals surface area (Å²) in [6, 6.07) is 4.10. The lowest BCUT2D eigenvalue weighted by Gasteiger charge is -2.30. The Morgan fingerprint density at radius 2 is 2.10 bits per heavy atom. The van der Waals surface area contributed by atoms with E-state index in [-0.39, 0.29) is 17.6 Å². The lowest BCUT2D eigenvalue weighted by molar-refractivity contribution is 0.0793. The predicted molar refractivity (Wildman–Crippen MR) is 99.4 cm³/mol. The SMILES string of the molecule is N#CCNc1nc(Cl)c(C#N)c2c1CCN(Cc1cnc(OCC(F)F)cn1)C2. The molecule has 11 heteroatoms. The van der Waals surface area contributed by atoms with Crippen molar-refractivity contribution in [3.63, 3.8) is 0 Å². The molecular weight excluding hydrogens is 404 g/mol. The van der Waals surface area contributed by atoms with Gasteiger partial charge >= 0.3 is 0 Å². The standard InChI is InChI=1S/C18H16ClF2N7O/c19-17-13(5-23)14-9-28(4-1-12(14)18(27-17)24-3-2-22)8-11-6-26-16(7-25-11)29-10-15(20)21/h6-7,15H,1,3-4,8-10H2,(H,24,27). The van der Waals surface area contributed by atoms with Gasteiger partial charge in [-0.2, -0.15) is 10.5 Å². The van der Waals surface area contributed by atoms with Gasteiger partial charge in [-0.3, -0.25) is 9.88 Å². The van der Waals surface area contributed by atoms with Gasteiger partial charge in [0, 0.05) is 25.2 Å². The summed E-state index contributed by atoms with van der Waals surface area (Å²) in [7, 11) is 0. The Morgan fingerprint density at radius 3 is 2.76 bits per heavy atom. The molecule has 0 saturated heterocycles. The minimum absolute atomic E-state index is 0.0378. The number of aromatic nitrogens is 3. The molecule has 0 radical (unpaired) electrons. The van der Waals surface area contributed by atoms with Gasteiger partial charge in [-0.15, -0.1) is 0 Å². The number of nitrogens with zero attached hydrogens (tertiary/aromatic N) is 6. The highest BCUT2D eigenvalue weighted by Crippen LogP contribution is 2.32. The second-order valence-electron chi connectivity index (χ2n) is 6.22. The van der Waals surface area contributed by atoms with E-state index in [2.05, 4.69) is 31.2 Å². The van der Waals surface area contributed by atoms with Crippen LogP contribution in [0.4, 0.5) is 14.6 Å². The number of ether oxygens (including phenoxy) is 1. The fraction of sp³-hybridized carbons (Fsp3) is 0.389. The fourth-order valence-corrected chi connectivity index (χ4v) is 3.29. The highest BCUT2D eigenvalue weighted by atomic mass is 35.5. The number of nitriles is 2. The quantitative estimate of drug-likeness (QED) is 0.538. The van der Waals surface area contributed by atoms with Crippen molar-refractivity contribution < 1.29 is 13.5 Å². The zero-order valence-electron chi connectivity index (χ0n) is 15.2. The number of fused-ring (bicyclic) bond motifs is 1. The Labute approximate surface area is 170 Å². The number of anilines is 1. The number of alkyl halides is 2. The summed E-state index contributed by atoms with van der Waals surface area (Å²) in [4.78, 5) is 14.5. The third-order valence-corrected chi connectivity index (χ3v) is 4.57. The van der Waals surface area contributed by atoms with E-state index in [1.165, 1.54) is 12.4 Å². The maximum absolute atomic E-state index is 12.2.